The molecule has 0 bridgehead atoms. The average molecular weight is 599 g/mol. The molecule has 5 aromatic carbocycles. The number of halogens is 2. The van der Waals surface area contributed by atoms with Crippen LogP contribution in [0.1, 0.15) is 59.1 Å². The van der Waals surface area contributed by atoms with Crippen molar-refractivity contribution < 1.29 is 19.0 Å². The van der Waals surface area contributed by atoms with Crippen LogP contribution < -0.4 is 5.19 Å². The average Bonchev–Trinajstić information content (AvgIpc) is 3.50. The number of hydrogen-bond donors (Lipinski definition) is 2. The molecular weight excluding hydrogens is 567 g/mol. The zero-order valence-electron chi connectivity index (χ0n) is 24.8. The van der Waals surface area contributed by atoms with Crippen LogP contribution in [0.5, 0.6) is 11.5 Å². The Labute approximate surface area is 257 Å². The van der Waals surface area contributed by atoms with Crippen LogP contribution in [-0.2, 0) is 0 Å². The molecule has 0 aromatic heterocycles. The molecule has 0 heterocycles. The van der Waals surface area contributed by atoms with Crippen molar-refractivity contribution in [3.05, 3.63) is 171 Å². The van der Waals surface area contributed by atoms with E-state index in [-0.39, 0.29) is 35.0 Å². The van der Waals surface area contributed by atoms with Crippen LogP contribution in [0.3, 0.4) is 0 Å². The molecule has 44 heavy (non-hydrogen) atoms. The smallest absolute Gasteiger partial charge is 0.146 e. The maximum atomic E-state index is 14.7. The van der Waals surface area contributed by atoms with Gasteiger partial charge in [-0.2, -0.15) is 0 Å². The van der Waals surface area contributed by atoms with Gasteiger partial charge in [0, 0.05) is 23.0 Å². The van der Waals surface area contributed by atoms with E-state index in [1.807, 2.05) is 30.3 Å². The number of allylic oxidation sites excluding steroid dienone is 2. The van der Waals surface area contributed by atoms with Gasteiger partial charge in [0.15, 0.2) is 0 Å². The highest BCUT2D eigenvalue weighted by Crippen LogP contribution is 2.57. The molecule has 2 aliphatic rings. The molecule has 2 aliphatic carbocycles. The van der Waals surface area contributed by atoms with Crippen LogP contribution in [0.25, 0.3) is 10.4 Å². The van der Waals surface area contributed by atoms with Gasteiger partial charge in [-0.05, 0) is 88.1 Å². The largest absolute Gasteiger partial charge is 0.508 e. The standard InChI is InChI=1S/C39H32F2O2Si/c1-23-36(32-21-25(40)17-19-34(32)42)28-13-7-9-15-30(28)38(23)44(3,27-11-5-4-6-12-27)39-24(2)37(29-14-8-10-16-31(29)39)33-22-26(41)18-20-35(33)43/h4-22,36-37,42-43H,1-3H3. The Hall–Kier alpha value is -4.74. The van der Waals surface area contributed by atoms with Crippen LogP contribution in [-0.4, -0.2) is 18.3 Å². The summed E-state index contributed by atoms with van der Waals surface area (Å²) in [6, 6.07) is 35.4. The van der Waals surface area contributed by atoms with Crippen molar-refractivity contribution in [2.45, 2.75) is 32.2 Å². The summed E-state index contributed by atoms with van der Waals surface area (Å²) in [6.07, 6.45) is 0. The summed E-state index contributed by atoms with van der Waals surface area (Å²) in [5.74, 6) is -1.27. The summed E-state index contributed by atoms with van der Waals surface area (Å²) in [7, 11) is -2.89. The minimum absolute atomic E-state index is 0.0677. The molecule has 2 nitrogen and oxygen atoms in total. The highest BCUT2D eigenvalue weighted by Gasteiger charge is 2.49. The summed E-state index contributed by atoms with van der Waals surface area (Å²) >= 11 is 0. The summed E-state index contributed by atoms with van der Waals surface area (Å²) < 4.78 is 29.3. The van der Waals surface area contributed by atoms with E-state index in [0.29, 0.717) is 11.1 Å². The molecule has 0 saturated carbocycles. The van der Waals surface area contributed by atoms with Gasteiger partial charge in [0.05, 0.1) is 0 Å². The molecule has 218 valence electrons. The van der Waals surface area contributed by atoms with Gasteiger partial charge in [-0.3, -0.25) is 0 Å². The van der Waals surface area contributed by atoms with Crippen LogP contribution in [0.15, 0.2) is 126 Å². The maximum absolute atomic E-state index is 14.7. The van der Waals surface area contributed by atoms with Crippen molar-refractivity contribution in [2.24, 2.45) is 0 Å². The number of fused-ring (bicyclic) bond motifs is 2. The SMILES string of the molecule is CC1=C([Si](C)(C2=C(C)C(c3cc(F)ccc3O)c3ccccc32)c2ccccc2)c2ccccc2C1c1cc(F)ccc1O. The van der Waals surface area contributed by atoms with Gasteiger partial charge < -0.3 is 10.2 Å². The normalized spacial score (nSPS) is 18.8. The van der Waals surface area contributed by atoms with Crippen molar-refractivity contribution in [1.82, 2.24) is 0 Å². The summed E-state index contributed by atoms with van der Waals surface area (Å²) in [5, 5.41) is 25.6. The van der Waals surface area contributed by atoms with Gasteiger partial charge in [0.25, 0.3) is 0 Å². The van der Waals surface area contributed by atoms with E-state index in [1.165, 1.54) is 52.0 Å². The second-order valence-electron chi connectivity index (χ2n) is 12.1. The van der Waals surface area contributed by atoms with Gasteiger partial charge in [-0.25, -0.2) is 8.78 Å². The molecule has 5 heteroatoms. The Morgan fingerprint density at radius 3 is 1.39 bits per heavy atom. The lowest BCUT2D eigenvalue weighted by Crippen LogP contribution is -2.48. The molecular formula is C39H32F2O2Si. The molecule has 7 rings (SSSR count). The van der Waals surface area contributed by atoms with Crippen molar-refractivity contribution in [3.8, 4) is 11.5 Å². The first-order valence-corrected chi connectivity index (χ1v) is 17.3. The highest BCUT2D eigenvalue weighted by molar-refractivity contribution is 7.18. The number of aromatic hydroxyl groups is 2. The molecule has 0 aliphatic heterocycles. The lowest BCUT2D eigenvalue weighted by molar-refractivity contribution is 0.464. The van der Waals surface area contributed by atoms with Crippen molar-refractivity contribution in [1.29, 1.82) is 0 Å². The predicted molar refractivity (Wildman–Crippen MR) is 176 cm³/mol. The van der Waals surface area contributed by atoms with Crippen LogP contribution in [0, 0.1) is 11.6 Å². The van der Waals surface area contributed by atoms with Gasteiger partial charge in [0.1, 0.15) is 31.2 Å². The molecule has 2 atom stereocenters. The quantitative estimate of drug-likeness (QED) is 0.198. The molecule has 0 amide bonds. The first-order valence-electron chi connectivity index (χ1n) is 14.8. The number of phenols is 2. The zero-order chi connectivity index (χ0) is 30.7. The van der Waals surface area contributed by atoms with E-state index in [2.05, 4.69) is 68.9 Å². The molecule has 0 saturated heterocycles. The Balaban J connectivity index is 1.57. The fourth-order valence-electron chi connectivity index (χ4n) is 7.96. The van der Waals surface area contributed by atoms with E-state index in [1.54, 1.807) is 0 Å². The van der Waals surface area contributed by atoms with Crippen LogP contribution in [0.2, 0.25) is 6.55 Å². The van der Waals surface area contributed by atoms with Crippen LogP contribution >= 0.6 is 0 Å². The molecule has 0 spiro atoms. The lowest BCUT2D eigenvalue weighted by Gasteiger charge is -2.35. The second-order valence-corrected chi connectivity index (χ2v) is 15.9. The van der Waals surface area contributed by atoms with E-state index in [9.17, 15) is 19.0 Å². The van der Waals surface area contributed by atoms with E-state index in [0.717, 1.165) is 33.4 Å². The molecule has 2 N–H and O–H groups in total. The third kappa shape index (κ3) is 4.10. The van der Waals surface area contributed by atoms with E-state index in [4.69, 9.17) is 0 Å². The van der Waals surface area contributed by atoms with E-state index < -0.39 is 8.07 Å². The molecule has 0 fully saturated rings. The van der Waals surface area contributed by atoms with Crippen molar-refractivity contribution in [3.63, 3.8) is 0 Å². The maximum Gasteiger partial charge on any atom is 0.146 e. The summed E-state index contributed by atoms with van der Waals surface area (Å²) in [4.78, 5) is 0. The summed E-state index contributed by atoms with van der Waals surface area (Å²) in [5.41, 5.74) is 7.56. The van der Waals surface area contributed by atoms with Crippen molar-refractivity contribution in [2.75, 3.05) is 0 Å². The van der Waals surface area contributed by atoms with Gasteiger partial charge in [0.2, 0.25) is 0 Å². The van der Waals surface area contributed by atoms with E-state index >= 15 is 0 Å². The minimum atomic E-state index is -2.89. The Bertz CT molecular complexity index is 1890. The first-order chi connectivity index (χ1) is 21.2. The predicted octanol–water partition coefficient (Wildman–Crippen LogP) is 8.98. The number of phenolic OH excluding ortho intramolecular Hbond substituents is 2. The zero-order valence-corrected chi connectivity index (χ0v) is 25.8. The van der Waals surface area contributed by atoms with Gasteiger partial charge in [-0.1, -0.05) is 96.6 Å². The fraction of sp³-hybridized carbons (Fsp3) is 0.128. The van der Waals surface area contributed by atoms with Crippen LogP contribution in [0.4, 0.5) is 8.78 Å². The number of hydrogen-bond acceptors (Lipinski definition) is 2. The van der Waals surface area contributed by atoms with Crippen molar-refractivity contribution >= 4 is 23.7 Å². The number of rotatable bonds is 5. The molecule has 5 aromatic rings. The monoisotopic (exact) mass is 598 g/mol. The lowest BCUT2D eigenvalue weighted by atomic mass is 9.88. The Kier molecular flexibility index (Phi) is 6.67. The molecule has 2 unspecified atom stereocenters. The third-order valence-electron chi connectivity index (χ3n) is 9.69. The van der Waals surface area contributed by atoms with Gasteiger partial charge >= 0.3 is 0 Å². The fourth-order valence-corrected chi connectivity index (χ4v) is 13.0. The Morgan fingerprint density at radius 2 is 0.932 bits per heavy atom. The first kappa shape index (κ1) is 28.1. The Morgan fingerprint density at radius 1 is 0.523 bits per heavy atom. The highest BCUT2D eigenvalue weighted by atomic mass is 28.3. The summed E-state index contributed by atoms with van der Waals surface area (Å²) in [6.45, 7) is 6.60. The minimum Gasteiger partial charge on any atom is -0.508 e. The topological polar surface area (TPSA) is 40.5 Å². The van der Waals surface area contributed by atoms with Gasteiger partial charge in [-0.15, -0.1) is 0 Å². The number of benzene rings is 5. The molecule has 0 radical (unpaired) electrons. The second kappa shape index (κ2) is 10.5. The third-order valence-corrected chi connectivity index (χ3v) is 14.5.